The molecule has 1 aromatic carbocycles. The van der Waals surface area contributed by atoms with Crippen LogP contribution in [0.4, 0.5) is 0 Å². The van der Waals surface area contributed by atoms with E-state index in [0.717, 1.165) is 19.3 Å². The minimum atomic E-state index is -3.39. The SMILES string of the molecule is C[NH+](C)[C@H]1CCCC[C@H]1NS(=O)(=O)c1ccccc1. The summed E-state index contributed by atoms with van der Waals surface area (Å²) >= 11 is 0. The quantitative estimate of drug-likeness (QED) is 0.841. The molecule has 0 amide bonds. The van der Waals surface area contributed by atoms with Crippen LogP contribution in [0.15, 0.2) is 35.2 Å². The molecule has 1 aliphatic carbocycles. The first kappa shape index (κ1) is 14.5. The molecule has 0 saturated heterocycles. The Labute approximate surface area is 115 Å². The smallest absolute Gasteiger partial charge is 0.241 e. The third kappa shape index (κ3) is 3.55. The van der Waals surface area contributed by atoms with Crippen LogP contribution in [0.25, 0.3) is 0 Å². The van der Waals surface area contributed by atoms with Gasteiger partial charge in [0, 0.05) is 6.42 Å². The van der Waals surface area contributed by atoms with Crippen molar-refractivity contribution in [1.82, 2.24) is 4.72 Å². The first-order valence-corrected chi connectivity index (χ1v) is 8.36. The van der Waals surface area contributed by atoms with Gasteiger partial charge in [-0.3, -0.25) is 0 Å². The molecule has 1 aromatic rings. The van der Waals surface area contributed by atoms with Crippen LogP contribution < -0.4 is 9.62 Å². The first-order chi connectivity index (χ1) is 9.00. The lowest BCUT2D eigenvalue weighted by atomic mass is 9.90. The number of hydrogen-bond acceptors (Lipinski definition) is 2. The summed E-state index contributed by atoms with van der Waals surface area (Å²) in [7, 11) is 0.804. The molecule has 2 N–H and O–H groups in total. The van der Waals surface area contributed by atoms with E-state index in [-0.39, 0.29) is 6.04 Å². The van der Waals surface area contributed by atoms with Crippen molar-refractivity contribution < 1.29 is 13.3 Å². The summed E-state index contributed by atoms with van der Waals surface area (Å²) < 4.78 is 27.6. The van der Waals surface area contributed by atoms with Crippen molar-refractivity contribution in [3.8, 4) is 0 Å². The molecule has 2 atom stereocenters. The molecule has 19 heavy (non-hydrogen) atoms. The van der Waals surface area contributed by atoms with Crippen molar-refractivity contribution in [2.45, 2.75) is 42.7 Å². The molecule has 0 aliphatic heterocycles. The highest BCUT2D eigenvalue weighted by atomic mass is 32.2. The summed E-state index contributed by atoms with van der Waals surface area (Å²) in [6.07, 6.45) is 4.32. The molecule has 1 saturated carbocycles. The molecule has 5 heteroatoms. The largest absolute Gasteiger partial charge is 0.336 e. The molecule has 0 heterocycles. The van der Waals surface area contributed by atoms with Crippen LogP contribution in [0, 0.1) is 0 Å². The van der Waals surface area contributed by atoms with Crippen LogP contribution in [0.5, 0.6) is 0 Å². The highest BCUT2D eigenvalue weighted by Crippen LogP contribution is 2.19. The van der Waals surface area contributed by atoms with Crippen LogP contribution in [0.2, 0.25) is 0 Å². The maximum absolute atomic E-state index is 12.3. The summed E-state index contributed by atoms with van der Waals surface area (Å²) in [5, 5.41) is 0. The van der Waals surface area contributed by atoms with Gasteiger partial charge in [-0.1, -0.05) is 24.6 Å². The molecule has 0 bridgehead atoms. The Balaban J connectivity index is 2.15. The Bertz CT molecular complexity index is 499. The number of sulfonamides is 1. The third-order valence-electron chi connectivity index (χ3n) is 3.87. The molecule has 106 valence electrons. The minimum Gasteiger partial charge on any atom is -0.336 e. The van der Waals surface area contributed by atoms with Crippen LogP contribution in [-0.2, 0) is 10.0 Å². The average Bonchev–Trinajstić information content (AvgIpc) is 2.39. The molecular weight excluding hydrogens is 260 g/mol. The van der Waals surface area contributed by atoms with Gasteiger partial charge in [-0.25, -0.2) is 13.1 Å². The second kappa shape index (κ2) is 6.03. The summed E-state index contributed by atoms with van der Waals surface area (Å²) in [5.74, 6) is 0. The lowest BCUT2D eigenvalue weighted by Crippen LogP contribution is -3.12. The highest BCUT2D eigenvalue weighted by Gasteiger charge is 2.33. The minimum absolute atomic E-state index is 0.0453. The fourth-order valence-corrected chi connectivity index (χ4v) is 4.16. The number of nitrogens with one attached hydrogen (secondary N) is 2. The van der Waals surface area contributed by atoms with Crippen molar-refractivity contribution in [3.05, 3.63) is 30.3 Å². The van der Waals surface area contributed by atoms with E-state index in [1.54, 1.807) is 24.3 Å². The standard InChI is InChI=1S/C14H22N2O2S/c1-16(2)14-11-7-6-10-13(14)15-19(17,18)12-8-4-3-5-9-12/h3-5,8-9,13-15H,6-7,10-11H2,1-2H3/p+1/t13-,14+/m1/s1. The fraction of sp³-hybridized carbons (Fsp3) is 0.571. The fourth-order valence-electron chi connectivity index (χ4n) is 2.83. The molecule has 0 unspecified atom stereocenters. The molecule has 1 fully saturated rings. The number of rotatable bonds is 4. The van der Waals surface area contributed by atoms with Gasteiger partial charge in [-0.15, -0.1) is 0 Å². The van der Waals surface area contributed by atoms with Gasteiger partial charge in [-0.05, 0) is 25.0 Å². The Morgan fingerprint density at radius 2 is 1.74 bits per heavy atom. The summed E-state index contributed by atoms with van der Waals surface area (Å²) in [6.45, 7) is 0. The summed E-state index contributed by atoms with van der Waals surface area (Å²) in [6, 6.07) is 9.03. The van der Waals surface area contributed by atoms with E-state index in [1.807, 2.05) is 6.07 Å². The molecule has 0 radical (unpaired) electrons. The Hall–Kier alpha value is -0.910. The van der Waals surface area contributed by atoms with E-state index in [9.17, 15) is 8.42 Å². The average molecular weight is 283 g/mol. The van der Waals surface area contributed by atoms with Gasteiger partial charge in [0.15, 0.2) is 0 Å². The van der Waals surface area contributed by atoms with E-state index in [2.05, 4.69) is 18.8 Å². The normalized spacial score (nSPS) is 24.6. The van der Waals surface area contributed by atoms with Gasteiger partial charge in [0.2, 0.25) is 10.0 Å². The third-order valence-corrected chi connectivity index (χ3v) is 5.37. The predicted molar refractivity (Wildman–Crippen MR) is 75.6 cm³/mol. The van der Waals surface area contributed by atoms with Crippen LogP contribution >= 0.6 is 0 Å². The summed E-state index contributed by atoms with van der Waals surface area (Å²) in [5.41, 5.74) is 0. The van der Waals surface area contributed by atoms with Crippen LogP contribution in [0.3, 0.4) is 0 Å². The maximum atomic E-state index is 12.3. The molecule has 0 aromatic heterocycles. The van der Waals surface area contributed by atoms with E-state index < -0.39 is 10.0 Å². The second-order valence-electron chi connectivity index (χ2n) is 5.51. The van der Waals surface area contributed by atoms with Gasteiger partial charge in [0.25, 0.3) is 0 Å². The predicted octanol–water partition coefficient (Wildman–Crippen LogP) is 0.421. The Morgan fingerprint density at radius 3 is 2.37 bits per heavy atom. The number of hydrogen-bond donors (Lipinski definition) is 2. The van der Waals surface area contributed by atoms with E-state index in [0.29, 0.717) is 10.9 Å². The van der Waals surface area contributed by atoms with Crippen molar-refractivity contribution in [3.63, 3.8) is 0 Å². The summed E-state index contributed by atoms with van der Waals surface area (Å²) in [4.78, 5) is 1.67. The lowest BCUT2D eigenvalue weighted by molar-refractivity contribution is -0.888. The van der Waals surface area contributed by atoms with Gasteiger partial charge >= 0.3 is 0 Å². The number of benzene rings is 1. The zero-order chi connectivity index (χ0) is 13.9. The maximum Gasteiger partial charge on any atom is 0.241 e. The van der Waals surface area contributed by atoms with Crippen molar-refractivity contribution in [2.75, 3.05) is 14.1 Å². The number of quaternary nitrogens is 1. The Morgan fingerprint density at radius 1 is 1.11 bits per heavy atom. The highest BCUT2D eigenvalue weighted by molar-refractivity contribution is 7.89. The van der Waals surface area contributed by atoms with Crippen LogP contribution in [-0.4, -0.2) is 34.6 Å². The topological polar surface area (TPSA) is 50.6 Å². The number of likely N-dealkylation sites (N-methyl/N-ethyl adjacent to an activating group) is 1. The van der Waals surface area contributed by atoms with Gasteiger partial charge in [0.05, 0.1) is 25.0 Å². The zero-order valence-corrected chi connectivity index (χ0v) is 12.4. The van der Waals surface area contributed by atoms with E-state index in [4.69, 9.17) is 0 Å². The zero-order valence-electron chi connectivity index (χ0n) is 11.6. The molecule has 2 rings (SSSR count). The van der Waals surface area contributed by atoms with E-state index in [1.165, 1.54) is 11.3 Å². The Kier molecular flexibility index (Phi) is 4.60. The molecular formula is C14H23N2O2S+. The van der Waals surface area contributed by atoms with Crippen molar-refractivity contribution in [2.24, 2.45) is 0 Å². The molecule has 1 aliphatic rings. The van der Waals surface area contributed by atoms with Crippen molar-refractivity contribution >= 4 is 10.0 Å². The van der Waals surface area contributed by atoms with E-state index >= 15 is 0 Å². The second-order valence-corrected chi connectivity index (χ2v) is 7.22. The molecule has 0 spiro atoms. The monoisotopic (exact) mass is 283 g/mol. The van der Waals surface area contributed by atoms with Crippen molar-refractivity contribution in [1.29, 1.82) is 0 Å². The van der Waals surface area contributed by atoms with Gasteiger partial charge in [0.1, 0.15) is 6.04 Å². The van der Waals surface area contributed by atoms with Crippen LogP contribution in [0.1, 0.15) is 25.7 Å². The lowest BCUT2D eigenvalue weighted by Gasteiger charge is -2.33. The van der Waals surface area contributed by atoms with Gasteiger partial charge in [-0.2, -0.15) is 0 Å². The molecule has 4 nitrogen and oxygen atoms in total. The first-order valence-electron chi connectivity index (χ1n) is 6.88. The van der Waals surface area contributed by atoms with Gasteiger partial charge < -0.3 is 4.90 Å².